The van der Waals surface area contributed by atoms with Gasteiger partial charge >= 0.3 is 0 Å². The molecule has 1 amide bonds. The molecule has 3 aromatic rings. The Morgan fingerprint density at radius 2 is 1.57 bits per heavy atom. The molecular weight excluding hydrogens is 374 g/mol. The highest BCUT2D eigenvalue weighted by Gasteiger charge is 2.61. The van der Waals surface area contributed by atoms with Crippen LogP contribution in [0.15, 0.2) is 78.9 Å². The number of nitrogens with one attached hydrogen (secondary N) is 1. The maximum Gasteiger partial charge on any atom is 0.231 e. The number of amides is 1. The van der Waals surface area contributed by atoms with Gasteiger partial charge in [0.2, 0.25) is 5.91 Å². The molecule has 4 heteroatoms. The summed E-state index contributed by atoms with van der Waals surface area (Å²) in [6, 6.07) is 24.4. The minimum Gasteiger partial charge on any atom is -0.384 e. The van der Waals surface area contributed by atoms with Gasteiger partial charge < -0.3 is 10.4 Å². The van der Waals surface area contributed by atoms with Crippen molar-refractivity contribution >= 4 is 17.4 Å². The van der Waals surface area contributed by atoms with Crippen molar-refractivity contribution in [3.8, 4) is 0 Å². The number of carbonyl (C=O) groups excluding carboxylic acids is 2. The summed E-state index contributed by atoms with van der Waals surface area (Å²) in [5.74, 6) is -2.22. The maximum absolute atomic E-state index is 13.5. The van der Waals surface area contributed by atoms with Crippen molar-refractivity contribution in [3.63, 3.8) is 0 Å². The molecule has 4 atom stereocenters. The fourth-order valence-electron chi connectivity index (χ4n) is 5.23. The highest BCUT2D eigenvalue weighted by molar-refractivity contribution is 6.12. The van der Waals surface area contributed by atoms with Crippen LogP contribution in [0.25, 0.3) is 0 Å². The molecule has 150 valence electrons. The third-order valence-electron chi connectivity index (χ3n) is 6.68. The first kappa shape index (κ1) is 18.8. The van der Waals surface area contributed by atoms with Gasteiger partial charge in [-0.25, -0.2) is 0 Å². The van der Waals surface area contributed by atoms with Gasteiger partial charge in [0, 0.05) is 17.4 Å². The monoisotopic (exact) mass is 397 g/mol. The molecule has 0 bridgehead atoms. The molecular formula is C26H23NO3. The van der Waals surface area contributed by atoms with Crippen LogP contribution in [0.5, 0.6) is 0 Å². The van der Waals surface area contributed by atoms with E-state index in [1.165, 1.54) is 0 Å². The number of benzene rings is 3. The van der Waals surface area contributed by atoms with Gasteiger partial charge in [0.15, 0.2) is 5.78 Å². The molecule has 2 N–H and O–H groups in total. The molecule has 2 aliphatic rings. The molecule has 0 aromatic heterocycles. The Bertz CT molecular complexity index is 1120. The van der Waals surface area contributed by atoms with Gasteiger partial charge in [0.1, 0.15) is 5.60 Å². The zero-order chi connectivity index (χ0) is 20.9. The summed E-state index contributed by atoms with van der Waals surface area (Å²) >= 11 is 0. The molecule has 0 radical (unpaired) electrons. The number of fused-ring (bicyclic) bond motifs is 2. The predicted octanol–water partition coefficient (Wildman–Crippen LogP) is 4.44. The minimum atomic E-state index is -1.48. The predicted molar refractivity (Wildman–Crippen MR) is 115 cm³/mol. The molecule has 0 saturated heterocycles. The molecule has 5 rings (SSSR count). The molecule has 1 fully saturated rings. The van der Waals surface area contributed by atoms with E-state index < -0.39 is 17.4 Å². The van der Waals surface area contributed by atoms with E-state index in [9.17, 15) is 14.7 Å². The smallest absolute Gasteiger partial charge is 0.231 e. The Balaban J connectivity index is 1.70. The number of hydrogen-bond acceptors (Lipinski definition) is 3. The van der Waals surface area contributed by atoms with Gasteiger partial charge in [0.05, 0.1) is 11.6 Å². The molecule has 1 aliphatic carbocycles. The Hall–Kier alpha value is -3.24. The topological polar surface area (TPSA) is 66.4 Å². The van der Waals surface area contributed by atoms with Crippen molar-refractivity contribution in [2.24, 2.45) is 11.8 Å². The van der Waals surface area contributed by atoms with Crippen molar-refractivity contribution < 1.29 is 14.7 Å². The summed E-state index contributed by atoms with van der Waals surface area (Å²) < 4.78 is 0. The van der Waals surface area contributed by atoms with Crippen LogP contribution in [-0.4, -0.2) is 16.8 Å². The lowest BCUT2D eigenvalue weighted by atomic mass is 9.74. The highest BCUT2D eigenvalue weighted by atomic mass is 16.3. The number of carbonyl (C=O) groups is 2. The first-order chi connectivity index (χ1) is 14.5. The fraction of sp³-hybridized carbons (Fsp3) is 0.231. The largest absolute Gasteiger partial charge is 0.384 e. The van der Waals surface area contributed by atoms with Crippen molar-refractivity contribution in [2.75, 3.05) is 5.32 Å². The Kier molecular flexibility index (Phi) is 4.33. The summed E-state index contributed by atoms with van der Waals surface area (Å²) in [5.41, 5.74) is 2.27. The van der Waals surface area contributed by atoms with Crippen LogP contribution in [0.2, 0.25) is 0 Å². The SMILES string of the molecule is Cc1ccc([C@@H]2C[C@H]3C(=O)c4ccccc4NC(=O)[C@@H]3[C@@]2(O)c2ccccc2)cc1. The standard InChI is InChI=1S/C26H23NO3/c1-16-11-13-17(14-12-16)21-15-20-23(26(21,30)18-7-3-2-4-8-18)25(29)27-22-10-6-5-9-19(22)24(20)28/h2-14,20-21,23,30H,15H2,1H3,(H,27,29)/t20-,21+,23-,26-/m1/s1. The zero-order valence-electron chi connectivity index (χ0n) is 16.7. The van der Waals surface area contributed by atoms with Gasteiger partial charge in [-0.1, -0.05) is 72.3 Å². The second-order valence-electron chi connectivity index (χ2n) is 8.37. The normalized spacial score (nSPS) is 27.7. The lowest BCUT2D eigenvalue weighted by molar-refractivity contribution is -0.130. The van der Waals surface area contributed by atoms with E-state index in [0.717, 1.165) is 11.1 Å². The quantitative estimate of drug-likeness (QED) is 0.672. The van der Waals surface area contributed by atoms with Crippen LogP contribution < -0.4 is 5.32 Å². The Morgan fingerprint density at radius 1 is 0.900 bits per heavy atom. The molecule has 1 aliphatic heterocycles. The van der Waals surface area contributed by atoms with Crippen molar-refractivity contribution in [2.45, 2.75) is 24.9 Å². The van der Waals surface area contributed by atoms with E-state index >= 15 is 0 Å². The number of aliphatic hydroxyl groups is 1. The van der Waals surface area contributed by atoms with E-state index in [2.05, 4.69) is 5.32 Å². The van der Waals surface area contributed by atoms with Crippen LogP contribution in [-0.2, 0) is 10.4 Å². The number of hydrogen-bond donors (Lipinski definition) is 2. The van der Waals surface area contributed by atoms with Crippen LogP contribution >= 0.6 is 0 Å². The Labute approximate surface area is 175 Å². The van der Waals surface area contributed by atoms with E-state index in [-0.39, 0.29) is 17.6 Å². The minimum absolute atomic E-state index is 0.0853. The third kappa shape index (κ3) is 2.71. The average molecular weight is 397 g/mol. The van der Waals surface area contributed by atoms with Crippen molar-refractivity contribution in [1.29, 1.82) is 0 Å². The summed E-state index contributed by atoms with van der Waals surface area (Å²) in [6.07, 6.45) is 0.416. The summed E-state index contributed by atoms with van der Waals surface area (Å²) in [6.45, 7) is 2.01. The molecule has 30 heavy (non-hydrogen) atoms. The number of anilines is 1. The van der Waals surface area contributed by atoms with Crippen molar-refractivity contribution in [3.05, 3.63) is 101 Å². The van der Waals surface area contributed by atoms with Crippen LogP contribution in [0.1, 0.15) is 39.4 Å². The average Bonchev–Trinajstić information content (AvgIpc) is 3.03. The molecule has 0 spiro atoms. The number of para-hydroxylation sites is 1. The highest BCUT2D eigenvalue weighted by Crippen LogP contribution is 2.57. The number of Topliss-reactive ketones (excluding diaryl/α,β-unsaturated/α-hetero) is 1. The van der Waals surface area contributed by atoms with Gasteiger partial charge in [-0.2, -0.15) is 0 Å². The summed E-state index contributed by atoms with van der Waals surface area (Å²) in [5, 5.41) is 15.1. The van der Waals surface area contributed by atoms with Gasteiger partial charge in [-0.05, 0) is 36.6 Å². The second-order valence-corrected chi connectivity index (χ2v) is 8.37. The summed E-state index contributed by atoms with van der Waals surface area (Å²) in [7, 11) is 0. The van der Waals surface area contributed by atoms with Gasteiger partial charge in [-0.3, -0.25) is 9.59 Å². The lowest BCUT2D eigenvalue weighted by Crippen LogP contribution is -2.44. The third-order valence-corrected chi connectivity index (χ3v) is 6.68. The maximum atomic E-state index is 13.5. The molecule has 1 saturated carbocycles. The van der Waals surface area contributed by atoms with E-state index in [0.29, 0.717) is 23.2 Å². The summed E-state index contributed by atoms with van der Waals surface area (Å²) in [4.78, 5) is 26.9. The van der Waals surface area contributed by atoms with Crippen LogP contribution in [0.4, 0.5) is 5.69 Å². The second kappa shape index (κ2) is 6.92. The Morgan fingerprint density at radius 3 is 2.30 bits per heavy atom. The molecule has 1 heterocycles. The number of aryl methyl sites for hydroxylation is 1. The van der Waals surface area contributed by atoms with Gasteiger partial charge in [-0.15, -0.1) is 0 Å². The number of rotatable bonds is 2. The molecule has 0 unspecified atom stereocenters. The van der Waals surface area contributed by atoms with Gasteiger partial charge in [0.25, 0.3) is 0 Å². The fourth-order valence-corrected chi connectivity index (χ4v) is 5.23. The van der Waals surface area contributed by atoms with Crippen molar-refractivity contribution in [1.82, 2.24) is 0 Å². The van der Waals surface area contributed by atoms with E-state index in [1.807, 2.05) is 61.5 Å². The zero-order valence-corrected chi connectivity index (χ0v) is 16.7. The van der Waals surface area contributed by atoms with Crippen LogP contribution in [0.3, 0.4) is 0 Å². The lowest BCUT2D eigenvalue weighted by Gasteiger charge is -2.36. The first-order valence-corrected chi connectivity index (χ1v) is 10.3. The molecule has 3 aromatic carbocycles. The first-order valence-electron chi connectivity index (χ1n) is 10.3. The van der Waals surface area contributed by atoms with Crippen LogP contribution in [0, 0.1) is 18.8 Å². The molecule has 4 nitrogen and oxygen atoms in total. The number of ketones is 1. The van der Waals surface area contributed by atoms with E-state index in [4.69, 9.17) is 0 Å². The van der Waals surface area contributed by atoms with E-state index in [1.54, 1.807) is 24.3 Å².